The highest BCUT2D eigenvalue weighted by Crippen LogP contribution is 2.39. The molecule has 1 heterocycles. The van der Waals surface area contributed by atoms with Gasteiger partial charge in [-0.3, -0.25) is 4.79 Å². The van der Waals surface area contributed by atoms with Crippen molar-refractivity contribution in [3.8, 4) is 5.75 Å². The monoisotopic (exact) mass is 239 g/mol. The Balaban J connectivity index is 2.35. The number of carbonyl (C=O) groups is 1. The molecule has 1 aromatic carbocycles. The van der Waals surface area contributed by atoms with Crippen molar-refractivity contribution in [2.24, 2.45) is 0 Å². The number of aliphatic carboxylic acids is 1. The van der Waals surface area contributed by atoms with Crippen molar-refractivity contribution in [1.29, 1.82) is 0 Å². The predicted octanol–water partition coefficient (Wildman–Crippen LogP) is 1.69. The highest BCUT2D eigenvalue weighted by Gasteiger charge is 2.28. The zero-order valence-electron chi connectivity index (χ0n) is 9.14. The summed E-state index contributed by atoms with van der Waals surface area (Å²) >= 11 is 1.38. The van der Waals surface area contributed by atoms with Crippen molar-refractivity contribution in [2.75, 3.05) is 25.6 Å². The van der Waals surface area contributed by atoms with Crippen LogP contribution in [0.1, 0.15) is 0 Å². The minimum absolute atomic E-state index is 0.412. The standard InChI is InChI=1S/C11H13NO3S/c1-12-6-10(11(13)14)16-9-5-7(15-2)3-4-8(9)12/h3-5,10H,6H2,1-2H3,(H,13,14). The molecule has 0 aliphatic carbocycles. The zero-order chi connectivity index (χ0) is 11.7. The molecule has 1 unspecified atom stereocenters. The van der Waals surface area contributed by atoms with E-state index in [-0.39, 0.29) is 0 Å². The normalized spacial score (nSPS) is 19.1. The van der Waals surface area contributed by atoms with Crippen molar-refractivity contribution in [3.05, 3.63) is 18.2 Å². The van der Waals surface area contributed by atoms with Crippen LogP contribution >= 0.6 is 11.8 Å². The first-order valence-electron chi connectivity index (χ1n) is 4.90. The number of fused-ring (bicyclic) bond motifs is 1. The fraction of sp³-hybridized carbons (Fsp3) is 0.364. The molecule has 0 saturated carbocycles. The Morgan fingerprint density at radius 2 is 2.38 bits per heavy atom. The van der Waals surface area contributed by atoms with Crippen LogP contribution in [-0.4, -0.2) is 37.0 Å². The van der Waals surface area contributed by atoms with E-state index in [2.05, 4.69) is 0 Å². The lowest BCUT2D eigenvalue weighted by Crippen LogP contribution is -2.35. The summed E-state index contributed by atoms with van der Waals surface area (Å²) in [6.45, 7) is 0.527. The number of hydrogen-bond acceptors (Lipinski definition) is 4. The average Bonchev–Trinajstić information content (AvgIpc) is 2.28. The van der Waals surface area contributed by atoms with Crippen LogP contribution in [0.15, 0.2) is 23.1 Å². The lowest BCUT2D eigenvalue weighted by atomic mass is 10.2. The van der Waals surface area contributed by atoms with E-state index in [0.717, 1.165) is 16.3 Å². The SMILES string of the molecule is COc1ccc2c(c1)SC(C(=O)O)CN2C. The maximum Gasteiger partial charge on any atom is 0.318 e. The van der Waals surface area contributed by atoms with E-state index in [9.17, 15) is 4.79 Å². The molecule has 5 heteroatoms. The van der Waals surface area contributed by atoms with Crippen molar-refractivity contribution in [2.45, 2.75) is 10.1 Å². The van der Waals surface area contributed by atoms with Crippen LogP contribution in [0.4, 0.5) is 5.69 Å². The van der Waals surface area contributed by atoms with Gasteiger partial charge in [-0.05, 0) is 18.2 Å². The number of nitrogens with zero attached hydrogens (tertiary/aromatic N) is 1. The van der Waals surface area contributed by atoms with Gasteiger partial charge in [-0.1, -0.05) is 0 Å². The lowest BCUT2D eigenvalue weighted by Gasteiger charge is -2.30. The quantitative estimate of drug-likeness (QED) is 0.851. The van der Waals surface area contributed by atoms with Crippen LogP contribution in [0, 0.1) is 0 Å². The van der Waals surface area contributed by atoms with Gasteiger partial charge in [0.2, 0.25) is 0 Å². The molecular weight excluding hydrogens is 226 g/mol. The maximum atomic E-state index is 11.0. The van der Waals surface area contributed by atoms with E-state index < -0.39 is 11.2 Å². The van der Waals surface area contributed by atoms with Gasteiger partial charge in [-0.25, -0.2) is 0 Å². The summed E-state index contributed by atoms with van der Waals surface area (Å²) in [6, 6.07) is 5.72. The van der Waals surface area contributed by atoms with Gasteiger partial charge in [-0.2, -0.15) is 0 Å². The van der Waals surface area contributed by atoms with Gasteiger partial charge in [0, 0.05) is 18.5 Å². The zero-order valence-corrected chi connectivity index (χ0v) is 9.95. The topological polar surface area (TPSA) is 49.8 Å². The van der Waals surface area contributed by atoms with E-state index in [1.165, 1.54) is 11.8 Å². The largest absolute Gasteiger partial charge is 0.497 e. The maximum absolute atomic E-state index is 11.0. The number of hydrogen-bond donors (Lipinski definition) is 1. The van der Waals surface area contributed by atoms with E-state index in [1.807, 2.05) is 30.1 Å². The van der Waals surface area contributed by atoms with E-state index in [1.54, 1.807) is 7.11 Å². The molecule has 0 amide bonds. The van der Waals surface area contributed by atoms with Crippen molar-refractivity contribution in [1.82, 2.24) is 0 Å². The van der Waals surface area contributed by atoms with Crippen LogP contribution < -0.4 is 9.64 Å². The molecule has 4 nitrogen and oxygen atoms in total. The molecule has 1 atom stereocenters. The van der Waals surface area contributed by atoms with E-state index >= 15 is 0 Å². The molecule has 1 aromatic rings. The molecule has 1 aliphatic rings. The van der Waals surface area contributed by atoms with Crippen molar-refractivity contribution in [3.63, 3.8) is 0 Å². The summed E-state index contributed by atoms with van der Waals surface area (Å²) in [5.41, 5.74) is 1.06. The number of carboxylic acids is 1. The predicted molar refractivity (Wildman–Crippen MR) is 63.5 cm³/mol. The third kappa shape index (κ3) is 1.95. The minimum Gasteiger partial charge on any atom is -0.497 e. The van der Waals surface area contributed by atoms with Gasteiger partial charge < -0.3 is 14.7 Å². The van der Waals surface area contributed by atoms with Crippen LogP contribution in [0.3, 0.4) is 0 Å². The molecule has 0 saturated heterocycles. The first-order valence-corrected chi connectivity index (χ1v) is 5.78. The highest BCUT2D eigenvalue weighted by atomic mass is 32.2. The van der Waals surface area contributed by atoms with Crippen LogP contribution in [-0.2, 0) is 4.79 Å². The van der Waals surface area contributed by atoms with E-state index in [4.69, 9.17) is 9.84 Å². The lowest BCUT2D eigenvalue weighted by molar-refractivity contribution is -0.136. The molecule has 2 rings (SSSR count). The molecule has 16 heavy (non-hydrogen) atoms. The average molecular weight is 239 g/mol. The Bertz CT molecular complexity index is 422. The molecule has 1 aliphatic heterocycles. The Morgan fingerprint density at radius 3 is 3.00 bits per heavy atom. The first kappa shape index (κ1) is 11.1. The summed E-state index contributed by atoms with van der Waals surface area (Å²) in [4.78, 5) is 13.9. The Labute approximate surface area is 98.2 Å². The molecular formula is C11H13NO3S. The summed E-state index contributed by atoms with van der Waals surface area (Å²) in [5, 5.41) is 8.62. The molecule has 0 fully saturated rings. The second-order valence-electron chi connectivity index (χ2n) is 3.66. The molecule has 0 aromatic heterocycles. The van der Waals surface area contributed by atoms with Gasteiger partial charge >= 0.3 is 5.97 Å². The first-order chi connectivity index (χ1) is 7.61. The highest BCUT2D eigenvalue weighted by molar-refractivity contribution is 8.00. The third-order valence-electron chi connectivity index (χ3n) is 2.56. The van der Waals surface area contributed by atoms with E-state index in [0.29, 0.717) is 6.54 Å². The van der Waals surface area contributed by atoms with Gasteiger partial charge in [0.05, 0.1) is 12.8 Å². The molecule has 0 spiro atoms. The smallest absolute Gasteiger partial charge is 0.318 e. The van der Waals surface area contributed by atoms with Crippen LogP contribution in [0.5, 0.6) is 5.75 Å². The number of rotatable bonds is 2. The second-order valence-corrected chi connectivity index (χ2v) is 4.90. The Kier molecular flexibility index (Phi) is 2.96. The molecule has 0 bridgehead atoms. The van der Waals surface area contributed by atoms with Crippen molar-refractivity contribution < 1.29 is 14.6 Å². The van der Waals surface area contributed by atoms with Crippen molar-refractivity contribution >= 4 is 23.4 Å². The fourth-order valence-electron chi connectivity index (χ4n) is 1.70. The third-order valence-corrected chi connectivity index (χ3v) is 3.78. The molecule has 1 N–H and O–H groups in total. The van der Waals surface area contributed by atoms with Gasteiger partial charge in [-0.15, -0.1) is 11.8 Å². The van der Waals surface area contributed by atoms with Crippen LogP contribution in [0.2, 0.25) is 0 Å². The summed E-state index contributed by atoms with van der Waals surface area (Å²) in [7, 11) is 3.51. The number of methoxy groups -OCH3 is 1. The number of carboxylic acid groups (broad SMARTS) is 1. The van der Waals surface area contributed by atoms with Gasteiger partial charge in [0.1, 0.15) is 11.0 Å². The fourth-order valence-corrected chi connectivity index (χ4v) is 2.93. The Hall–Kier alpha value is -1.36. The number of thioether (sulfide) groups is 1. The molecule has 86 valence electrons. The number of anilines is 1. The van der Waals surface area contributed by atoms with Crippen LogP contribution in [0.25, 0.3) is 0 Å². The second kappa shape index (κ2) is 4.25. The summed E-state index contributed by atoms with van der Waals surface area (Å²) in [5.74, 6) is -0.0176. The number of benzene rings is 1. The minimum atomic E-state index is -0.773. The van der Waals surface area contributed by atoms with Gasteiger partial charge in [0.15, 0.2) is 0 Å². The summed E-state index contributed by atoms with van der Waals surface area (Å²) in [6.07, 6.45) is 0. The summed E-state index contributed by atoms with van der Waals surface area (Å²) < 4.78 is 5.13. The number of ether oxygens (including phenoxy) is 1. The Morgan fingerprint density at radius 1 is 1.62 bits per heavy atom. The molecule has 0 radical (unpaired) electrons. The van der Waals surface area contributed by atoms with Gasteiger partial charge in [0.25, 0.3) is 0 Å².